The van der Waals surface area contributed by atoms with Crippen LogP contribution in [0.3, 0.4) is 0 Å². The Hall–Kier alpha value is -2.08. The van der Waals surface area contributed by atoms with Crippen LogP contribution in [-0.4, -0.2) is 0 Å². The molecular formula is C17H13. The molecule has 0 heteroatoms. The number of benzene rings is 3. The predicted molar refractivity (Wildman–Crippen MR) is 73.0 cm³/mol. The number of rotatable bonds is 1. The maximum absolute atomic E-state index is 3.07. The Kier molecular flexibility index (Phi) is 2.41. The first-order valence-corrected chi connectivity index (χ1v) is 5.80. The van der Waals surface area contributed by atoms with Gasteiger partial charge in [-0.2, -0.15) is 0 Å². The molecule has 0 amide bonds. The maximum Gasteiger partial charge on any atom is -0.0103 e. The van der Waals surface area contributed by atoms with Gasteiger partial charge in [-0.25, -0.2) is 0 Å². The molecule has 0 aliphatic carbocycles. The Morgan fingerprint density at radius 2 is 1.65 bits per heavy atom. The first-order chi connectivity index (χ1) is 8.34. The van der Waals surface area contributed by atoms with Crippen molar-refractivity contribution < 1.29 is 0 Å². The van der Waals surface area contributed by atoms with E-state index >= 15 is 0 Å². The van der Waals surface area contributed by atoms with Crippen LogP contribution in [0.1, 0.15) is 5.56 Å². The van der Waals surface area contributed by atoms with Gasteiger partial charge in [-0.1, -0.05) is 60.7 Å². The van der Waals surface area contributed by atoms with Crippen LogP contribution in [0.4, 0.5) is 0 Å². The van der Waals surface area contributed by atoms with Crippen molar-refractivity contribution in [1.82, 2.24) is 0 Å². The highest BCUT2D eigenvalue weighted by molar-refractivity contribution is 5.97. The smallest absolute Gasteiger partial charge is 0.0103 e. The minimum absolute atomic E-state index is 1.25. The first-order valence-electron chi connectivity index (χ1n) is 5.80. The molecule has 1 radical (unpaired) electrons. The van der Waals surface area contributed by atoms with E-state index in [1.807, 2.05) is 12.1 Å². The van der Waals surface area contributed by atoms with E-state index in [0.717, 1.165) is 0 Å². The Bertz CT molecular complexity index is 651. The summed E-state index contributed by atoms with van der Waals surface area (Å²) in [5.41, 5.74) is 3.85. The third-order valence-corrected chi connectivity index (χ3v) is 3.04. The maximum atomic E-state index is 3.07. The van der Waals surface area contributed by atoms with Gasteiger partial charge in [0.05, 0.1) is 0 Å². The van der Waals surface area contributed by atoms with Crippen LogP contribution in [0.15, 0.2) is 60.7 Å². The van der Waals surface area contributed by atoms with E-state index in [1.165, 1.54) is 27.5 Å². The molecule has 0 bridgehead atoms. The first kappa shape index (κ1) is 10.1. The van der Waals surface area contributed by atoms with Crippen molar-refractivity contribution in [3.8, 4) is 11.1 Å². The fourth-order valence-electron chi connectivity index (χ4n) is 2.27. The summed E-state index contributed by atoms with van der Waals surface area (Å²) >= 11 is 0. The van der Waals surface area contributed by atoms with Gasteiger partial charge >= 0.3 is 0 Å². The van der Waals surface area contributed by atoms with Gasteiger partial charge in [-0.3, -0.25) is 0 Å². The Morgan fingerprint density at radius 1 is 0.882 bits per heavy atom. The zero-order valence-electron chi connectivity index (χ0n) is 9.77. The second kappa shape index (κ2) is 4.06. The van der Waals surface area contributed by atoms with Gasteiger partial charge in [0.15, 0.2) is 0 Å². The van der Waals surface area contributed by atoms with Gasteiger partial charge < -0.3 is 0 Å². The molecule has 0 fully saturated rings. The van der Waals surface area contributed by atoms with Crippen molar-refractivity contribution in [2.75, 3.05) is 0 Å². The summed E-state index contributed by atoms with van der Waals surface area (Å²) in [4.78, 5) is 0. The normalized spacial score (nSPS) is 10.6. The molecule has 17 heavy (non-hydrogen) atoms. The van der Waals surface area contributed by atoms with Crippen molar-refractivity contribution >= 4 is 10.8 Å². The van der Waals surface area contributed by atoms with Gasteiger partial charge in [0, 0.05) is 0 Å². The van der Waals surface area contributed by atoms with Gasteiger partial charge in [0.25, 0.3) is 0 Å². The zero-order valence-corrected chi connectivity index (χ0v) is 9.77. The fraction of sp³-hybridized carbons (Fsp3) is 0.0588. The largest absolute Gasteiger partial charge is 0.0616 e. The summed E-state index contributed by atoms with van der Waals surface area (Å²) in [6.45, 7) is 2.14. The Labute approximate surface area is 102 Å². The number of fused-ring (bicyclic) bond motifs is 1. The summed E-state index contributed by atoms with van der Waals surface area (Å²) in [7, 11) is 0. The van der Waals surface area contributed by atoms with E-state index in [1.54, 1.807) is 0 Å². The van der Waals surface area contributed by atoms with E-state index in [2.05, 4.69) is 61.5 Å². The van der Waals surface area contributed by atoms with Crippen molar-refractivity contribution in [1.29, 1.82) is 0 Å². The molecule has 0 aliphatic rings. The molecule has 0 heterocycles. The standard InChI is InChI=1S/C17H13/c1-13-11-15-9-5-6-10-16(15)17(12-13)14-7-3-2-4-8-14/h3-12H,1H3. The number of hydrogen-bond donors (Lipinski definition) is 0. The molecular weight excluding hydrogens is 204 g/mol. The quantitative estimate of drug-likeness (QED) is 0.558. The lowest BCUT2D eigenvalue weighted by molar-refractivity contribution is 1.50. The molecule has 3 rings (SSSR count). The number of aryl methyl sites for hydroxylation is 1. The van der Waals surface area contributed by atoms with Crippen molar-refractivity contribution in [3.05, 3.63) is 72.3 Å². The van der Waals surface area contributed by atoms with Crippen LogP contribution in [0.5, 0.6) is 0 Å². The molecule has 3 aromatic rings. The molecule has 0 saturated heterocycles. The molecule has 0 unspecified atom stereocenters. The summed E-state index contributed by atoms with van der Waals surface area (Å²) in [6.07, 6.45) is 0. The molecule has 3 aromatic carbocycles. The molecule has 0 aromatic heterocycles. The second-order valence-electron chi connectivity index (χ2n) is 4.32. The van der Waals surface area contributed by atoms with Crippen LogP contribution >= 0.6 is 0 Å². The summed E-state index contributed by atoms with van der Waals surface area (Å²) in [6, 6.07) is 24.2. The molecule has 0 atom stereocenters. The van der Waals surface area contributed by atoms with E-state index in [4.69, 9.17) is 0 Å². The SMILES string of the molecule is Cc1cc(-c2cc[c]cc2)c2ccccc2c1. The zero-order chi connectivity index (χ0) is 11.7. The highest BCUT2D eigenvalue weighted by atomic mass is 14.1. The van der Waals surface area contributed by atoms with Crippen LogP contribution < -0.4 is 0 Å². The van der Waals surface area contributed by atoms with Gasteiger partial charge in [0.1, 0.15) is 0 Å². The van der Waals surface area contributed by atoms with Crippen LogP contribution in [0.25, 0.3) is 21.9 Å². The average Bonchev–Trinajstić information content (AvgIpc) is 2.39. The molecule has 81 valence electrons. The second-order valence-corrected chi connectivity index (χ2v) is 4.32. The average molecular weight is 217 g/mol. The van der Waals surface area contributed by atoms with Gasteiger partial charge in [0.2, 0.25) is 0 Å². The van der Waals surface area contributed by atoms with E-state index in [-0.39, 0.29) is 0 Å². The summed E-state index contributed by atoms with van der Waals surface area (Å²) in [5.74, 6) is 0. The lowest BCUT2D eigenvalue weighted by Gasteiger charge is -2.08. The highest BCUT2D eigenvalue weighted by Crippen LogP contribution is 2.29. The van der Waals surface area contributed by atoms with Gasteiger partial charge in [-0.05, 0) is 40.5 Å². The highest BCUT2D eigenvalue weighted by Gasteiger charge is 2.03. The minimum atomic E-state index is 1.25. The molecule has 0 N–H and O–H groups in total. The van der Waals surface area contributed by atoms with Crippen LogP contribution in [0.2, 0.25) is 0 Å². The predicted octanol–water partition coefficient (Wildman–Crippen LogP) is 4.62. The third-order valence-electron chi connectivity index (χ3n) is 3.04. The van der Waals surface area contributed by atoms with Crippen LogP contribution in [-0.2, 0) is 0 Å². The topological polar surface area (TPSA) is 0 Å². The lowest BCUT2D eigenvalue weighted by atomic mass is 9.96. The van der Waals surface area contributed by atoms with E-state index < -0.39 is 0 Å². The third kappa shape index (κ3) is 1.83. The summed E-state index contributed by atoms with van der Waals surface area (Å²) in [5, 5.41) is 2.61. The van der Waals surface area contributed by atoms with Gasteiger partial charge in [-0.15, -0.1) is 0 Å². The van der Waals surface area contributed by atoms with Crippen molar-refractivity contribution in [3.63, 3.8) is 0 Å². The molecule has 0 spiro atoms. The van der Waals surface area contributed by atoms with E-state index in [0.29, 0.717) is 0 Å². The molecule has 0 saturated carbocycles. The minimum Gasteiger partial charge on any atom is -0.0616 e. The Morgan fingerprint density at radius 3 is 2.47 bits per heavy atom. The Balaban J connectivity index is 2.36. The van der Waals surface area contributed by atoms with E-state index in [9.17, 15) is 0 Å². The molecule has 0 nitrogen and oxygen atoms in total. The summed E-state index contributed by atoms with van der Waals surface area (Å²) < 4.78 is 0. The van der Waals surface area contributed by atoms with Crippen molar-refractivity contribution in [2.24, 2.45) is 0 Å². The monoisotopic (exact) mass is 217 g/mol. The molecule has 0 aliphatic heterocycles. The van der Waals surface area contributed by atoms with Crippen molar-refractivity contribution in [2.45, 2.75) is 6.92 Å². The van der Waals surface area contributed by atoms with Crippen LogP contribution in [0, 0.1) is 13.0 Å². The number of hydrogen-bond acceptors (Lipinski definition) is 0. The lowest BCUT2D eigenvalue weighted by Crippen LogP contribution is -1.83. The fourth-order valence-corrected chi connectivity index (χ4v) is 2.27.